The van der Waals surface area contributed by atoms with E-state index in [-0.39, 0.29) is 35.5 Å². The SMILES string of the molecule is O=C(Cc1ccc2ncccc2c1)Nc1ccc(C2CCN(C(=O)c3cn4c(C(F)(F)F)cccc4n3)CC2)cc1. The molecule has 0 radical (unpaired) electrons. The Bertz CT molecular complexity index is 1740. The molecule has 0 spiro atoms. The zero-order valence-electron chi connectivity index (χ0n) is 21.9. The van der Waals surface area contributed by atoms with Crippen LogP contribution >= 0.6 is 0 Å². The average Bonchev–Trinajstić information content (AvgIpc) is 3.41. The Morgan fingerprint density at radius 1 is 0.951 bits per heavy atom. The van der Waals surface area contributed by atoms with Crippen molar-refractivity contribution >= 4 is 34.1 Å². The summed E-state index contributed by atoms with van der Waals surface area (Å²) in [6.45, 7) is 0.951. The lowest BCUT2D eigenvalue weighted by molar-refractivity contribution is -0.142. The topological polar surface area (TPSA) is 79.6 Å². The minimum atomic E-state index is -4.55. The molecule has 2 aromatic carbocycles. The number of nitrogens with one attached hydrogen (secondary N) is 1. The Balaban J connectivity index is 1.04. The van der Waals surface area contributed by atoms with E-state index in [0.29, 0.717) is 18.8 Å². The quantitative estimate of drug-likeness (QED) is 0.283. The number of likely N-dealkylation sites (tertiary alicyclic amines) is 1. The van der Waals surface area contributed by atoms with Crippen LogP contribution in [0, 0.1) is 0 Å². The third kappa shape index (κ3) is 5.63. The molecule has 208 valence electrons. The van der Waals surface area contributed by atoms with Gasteiger partial charge in [-0.15, -0.1) is 0 Å². The molecular weight excluding hydrogens is 531 g/mol. The third-order valence-corrected chi connectivity index (χ3v) is 7.48. The number of aromatic nitrogens is 3. The number of rotatable bonds is 5. The molecule has 1 N–H and O–H groups in total. The third-order valence-electron chi connectivity index (χ3n) is 7.48. The molecule has 3 aromatic heterocycles. The number of fused-ring (bicyclic) bond motifs is 2. The molecule has 2 amide bonds. The fourth-order valence-corrected chi connectivity index (χ4v) is 5.39. The molecule has 1 aliphatic rings. The number of pyridine rings is 2. The van der Waals surface area contributed by atoms with E-state index in [1.165, 1.54) is 12.1 Å². The van der Waals surface area contributed by atoms with Gasteiger partial charge in [0.1, 0.15) is 17.0 Å². The Labute approximate surface area is 233 Å². The van der Waals surface area contributed by atoms with Gasteiger partial charge >= 0.3 is 6.18 Å². The minimum Gasteiger partial charge on any atom is -0.337 e. The van der Waals surface area contributed by atoms with Crippen LogP contribution in [0.2, 0.25) is 0 Å². The van der Waals surface area contributed by atoms with Gasteiger partial charge in [0.05, 0.1) is 11.9 Å². The zero-order chi connectivity index (χ0) is 28.6. The van der Waals surface area contributed by atoms with Crippen molar-refractivity contribution in [2.75, 3.05) is 18.4 Å². The van der Waals surface area contributed by atoms with Crippen LogP contribution in [0.5, 0.6) is 0 Å². The van der Waals surface area contributed by atoms with Crippen LogP contribution in [0.3, 0.4) is 0 Å². The first-order chi connectivity index (χ1) is 19.7. The van der Waals surface area contributed by atoms with Gasteiger partial charge in [0.25, 0.3) is 5.91 Å². The van der Waals surface area contributed by atoms with Crippen molar-refractivity contribution in [2.24, 2.45) is 0 Å². The first kappa shape index (κ1) is 26.5. The van der Waals surface area contributed by atoms with Gasteiger partial charge in [0.15, 0.2) is 0 Å². The number of nitrogens with zero attached hydrogens (tertiary/aromatic N) is 4. The Hall–Kier alpha value is -4.73. The molecule has 0 bridgehead atoms. The molecule has 1 fully saturated rings. The fourth-order valence-electron chi connectivity index (χ4n) is 5.39. The smallest absolute Gasteiger partial charge is 0.337 e. The molecule has 1 aliphatic heterocycles. The highest BCUT2D eigenvalue weighted by atomic mass is 19.4. The molecule has 41 heavy (non-hydrogen) atoms. The largest absolute Gasteiger partial charge is 0.431 e. The maximum absolute atomic E-state index is 13.3. The number of alkyl halides is 3. The number of carbonyl (C=O) groups is 2. The van der Waals surface area contributed by atoms with E-state index in [2.05, 4.69) is 15.3 Å². The van der Waals surface area contributed by atoms with Crippen LogP contribution in [0.1, 0.15) is 46.1 Å². The van der Waals surface area contributed by atoms with E-state index >= 15 is 0 Å². The number of piperidine rings is 1. The van der Waals surface area contributed by atoms with E-state index in [4.69, 9.17) is 0 Å². The van der Waals surface area contributed by atoms with Crippen molar-refractivity contribution in [3.63, 3.8) is 0 Å². The van der Waals surface area contributed by atoms with Crippen LogP contribution in [0.25, 0.3) is 16.6 Å². The number of hydrogen-bond donors (Lipinski definition) is 1. The number of anilines is 1. The molecule has 4 heterocycles. The summed E-state index contributed by atoms with van der Waals surface area (Å²) in [5.74, 6) is -0.254. The number of benzene rings is 2. The van der Waals surface area contributed by atoms with Crippen molar-refractivity contribution in [1.29, 1.82) is 0 Å². The summed E-state index contributed by atoms with van der Waals surface area (Å²) in [6.07, 6.45) is 0.0414. The molecule has 0 saturated carbocycles. The standard InChI is InChI=1S/C31H26F3N5O2/c32-31(33,34)27-4-1-5-28-37-26(19-39(27)28)30(41)38-15-12-22(13-16-38)21-7-9-24(10-8-21)36-29(40)18-20-6-11-25-23(17-20)3-2-14-35-25/h1-11,14,17,19,22H,12-13,15-16,18H2,(H,36,40). The molecule has 1 saturated heterocycles. The second kappa shape index (κ2) is 10.7. The highest BCUT2D eigenvalue weighted by Crippen LogP contribution is 2.31. The normalized spacial score (nSPS) is 14.5. The van der Waals surface area contributed by atoms with Crippen LogP contribution < -0.4 is 5.32 Å². The van der Waals surface area contributed by atoms with E-state index in [0.717, 1.165) is 51.5 Å². The predicted octanol–water partition coefficient (Wildman–Crippen LogP) is 6.10. The van der Waals surface area contributed by atoms with Crippen LogP contribution in [-0.2, 0) is 17.4 Å². The molecule has 6 rings (SSSR count). The Kier molecular flexibility index (Phi) is 6.90. The highest BCUT2D eigenvalue weighted by Gasteiger charge is 2.34. The monoisotopic (exact) mass is 557 g/mol. The van der Waals surface area contributed by atoms with Gasteiger partial charge in [0.2, 0.25) is 5.91 Å². The second-order valence-corrected chi connectivity index (χ2v) is 10.2. The van der Waals surface area contributed by atoms with Crippen LogP contribution in [0.4, 0.5) is 18.9 Å². The predicted molar refractivity (Wildman–Crippen MR) is 149 cm³/mol. The summed E-state index contributed by atoms with van der Waals surface area (Å²) >= 11 is 0. The van der Waals surface area contributed by atoms with Gasteiger partial charge in [-0.2, -0.15) is 13.2 Å². The number of amides is 2. The molecule has 7 nitrogen and oxygen atoms in total. The number of halogens is 3. The van der Waals surface area contributed by atoms with Crippen molar-refractivity contribution in [3.05, 3.63) is 108 Å². The molecular formula is C31H26F3N5O2. The maximum Gasteiger partial charge on any atom is 0.431 e. The summed E-state index contributed by atoms with van der Waals surface area (Å²) in [5, 5.41) is 3.94. The van der Waals surface area contributed by atoms with E-state index < -0.39 is 11.9 Å². The first-order valence-corrected chi connectivity index (χ1v) is 13.3. The highest BCUT2D eigenvalue weighted by molar-refractivity contribution is 5.93. The first-order valence-electron chi connectivity index (χ1n) is 13.3. The van der Waals surface area contributed by atoms with Gasteiger partial charge in [-0.05, 0) is 72.4 Å². The fraction of sp³-hybridized carbons (Fsp3) is 0.226. The number of hydrogen-bond acceptors (Lipinski definition) is 4. The van der Waals surface area contributed by atoms with Gasteiger partial charge < -0.3 is 10.2 Å². The van der Waals surface area contributed by atoms with Crippen LogP contribution in [0.15, 0.2) is 85.2 Å². The van der Waals surface area contributed by atoms with Gasteiger partial charge in [0, 0.05) is 36.6 Å². The van der Waals surface area contributed by atoms with Gasteiger partial charge in [-0.3, -0.25) is 19.0 Å². The number of carbonyl (C=O) groups excluding carboxylic acids is 2. The Morgan fingerprint density at radius 2 is 1.73 bits per heavy atom. The lowest BCUT2D eigenvalue weighted by Gasteiger charge is -2.32. The summed E-state index contributed by atoms with van der Waals surface area (Å²) in [5.41, 5.74) is 2.83. The minimum absolute atomic E-state index is 0.000556. The van der Waals surface area contributed by atoms with Crippen molar-refractivity contribution < 1.29 is 22.8 Å². The second-order valence-electron chi connectivity index (χ2n) is 10.2. The Morgan fingerprint density at radius 3 is 2.49 bits per heavy atom. The zero-order valence-corrected chi connectivity index (χ0v) is 21.9. The van der Waals surface area contributed by atoms with E-state index in [1.54, 1.807) is 11.1 Å². The summed E-state index contributed by atoms with van der Waals surface area (Å²) in [4.78, 5) is 35.8. The van der Waals surface area contributed by atoms with Gasteiger partial charge in [-0.1, -0.05) is 30.3 Å². The summed E-state index contributed by atoms with van der Waals surface area (Å²) in [7, 11) is 0. The van der Waals surface area contributed by atoms with Crippen molar-refractivity contribution in [2.45, 2.75) is 31.4 Å². The van der Waals surface area contributed by atoms with E-state index in [9.17, 15) is 22.8 Å². The average molecular weight is 558 g/mol. The van der Waals surface area contributed by atoms with Crippen molar-refractivity contribution in [1.82, 2.24) is 19.3 Å². The molecule has 5 aromatic rings. The summed E-state index contributed by atoms with van der Waals surface area (Å²) in [6, 6.07) is 21.0. The summed E-state index contributed by atoms with van der Waals surface area (Å²) < 4.78 is 40.9. The number of imidazole rings is 1. The lowest BCUT2D eigenvalue weighted by Crippen LogP contribution is -2.38. The van der Waals surface area contributed by atoms with Gasteiger partial charge in [-0.25, -0.2) is 4.98 Å². The van der Waals surface area contributed by atoms with Crippen molar-refractivity contribution in [3.8, 4) is 0 Å². The lowest BCUT2D eigenvalue weighted by atomic mass is 9.89. The molecule has 0 atom stereocenters. The van der Waals surface area contributed by atoms with E-state index in [1.807, 2.05) is 54.6 Å². The van der Waals surface area contributed by atoms with Crippen LogP contribution in [-0.4, -0.2) is 44.2 Å². The maximum atomic E-state index is 13.3. The molecule has 0 aliphatic carbocycles. The molecule has 10 heteroatoms. The molecule has 0 unspecified atom stereocenters.